The lowest BCUT2D eigenvalue weighted by atomic mass is 10.0. The minimum Gasteiger partial charge on any atom is -0.508 e. The van der Waals surface area contributed by atoms with Gasteiger partial charge >= 0.3 is 5.97 Å². The number of nitrogens with one attached hydrogen (secondary N) is 1. The number of phenols is 1. The first kappa shape index (κ1) is 24.4. The molecule has 2 rings (SSSR count). The van der Waals surface area contributed by atoms with Crippen LogP contribution in [0.1, 0.15) is 24.2 Å². The van der Waals surface area contributed by atoms with E-state index in [0.29, 0.717) is 12.3 Å². The van der Waals surface area contributed by atoms with Crippen LogP contribution < -0.4 is 10.1 Å². The third kappa shape index (κ3) is 8.06. The number of aliphatic hydroxyl groups is 1. The standard InChI is InChI=1S/C19H23NO5.2H2O/c1-13(19(24)15-4-6-16(21)7-5-15)20-11-10-14-2-8-17(9-3-14)25-12-18(22)23;;/h2-9,13,19-21,24H,10-12H2,1H3,(H,22,23);2*1H2/t13-,19-;;/m0../s1. The quantitative estimate of drug-likeness (QED) is 0.493. The topological polar surface area (TPSA) is 162 Å². The molecule has 0 fully saturated rings. The molecular weight excluding hydrogens is 354 g/mol. The third-order valence-corrected chi connectivity index (χ3v) is 3.87. The van der Waals surface area contributed by atoms with Crippen molar-refractivity contribution < 1.29 is 35.8 Å². The molecule has 8 N–H and O–H groups in total. The summed E-state index contributed by atoms with van der Waals surface area (Å²) >= 11 is 0. The van der Waals surface area contributed by atoms with Crippen LogP contribution in [0, 0.1) is 0 Å². The molecule has 150 valence electrons. The molecular formula is C19H27NO7. The number of phenolic OH excluding ortho intramolecular Hbond substituents is 1. The van der Waals surface area contributed by atoms with Crippen LogP contribution in [0.2, 0.25) is 0 Å². The lowest BCUT2D eigenvalue weighted by Crippen LogP contribution is -2.33. The second-order valence-corrected chi connectivity index (χ2v) is 5.86. The van der Waals surface area contributed by atoms with Gasteiger partial charge in [-0.3, -0.25) is 0 Å². The zero-order valence-electron chi connectivity index (χ0n) is 15.1. The molecule has 0 unspecified atom stereocenters. The van der Waals surface area contributed by atoms with Gasteiger partial charge < -0.3 is 36.3 Å². The van der Waals surface area contributed by atoms with Gasteiger partial charge in [0, 0.05) is 6.04 Å². The Morgan fingerprint density at radius 2 is 1.67 bits per heavy atom. The van der Waals surface area contributed by atoms with Gasteiger partial charge in [0.2, 0.25) is 0 Å². The summed E-state index contributed by atoms with van der Waals surface area (Å²) in [4.78, 5) is 10.5. The summed E-state index contributed by atoms with van der Waals surface area (Å²) in [5.74, 6) is -0.308. The second kappa shape index (κ2) is 11.9. The minimum atomic E-state index is -1.01. The van der Waals surface area contributed by atoms with Crippen molar-refractivity contribution in [2.24, 2.45) is 0 Å². The average molecular weight is 381 g/mol. The fraction of sp³-hybridized carbons (Fsp3) is 0.316. The molecule has 0 bridgehead atoms. The van der Waals surface area contributed by atoms with E-state index in [4.69, 9.17) is 9.84 Å². The second-order valence-electron chi connectivity index (χ2n) is 5.86. The van der Waals surface area contributed by atoms with E-state index < -0.39 is 12.1 Å². The van der Waals surface area contributed by atoms with Crippen LogP contribution in [0.15, 0.2) is 48.5 Å². The normalized spacial score (nSPS) is 12.2. The van der Waals surface area contributed by atoms with E-state index in [9.17, 15) is 15.0 Å². The number of rotatable bonds is 9. The molecule has 8 nitrogen and oxygen atoms in total. The van der Waals surface area contributed by atoms with Gasteiger partial charge in [0.25, 0.3) is 0 Å². The highest BCUT2D eigenvalue weighted by atomic mass is 16.5. The maximum Gasteiger partial charge on any atom is 0.341 e. The first-order valence-electron chi connectivity index (χ1n) is 8.09. The molecule has 0 saturated carbocycles. The molecule has 8 heteroatoms. The molecule has 2 atom stereocenters. The van der Waals surface area contributed by atoms with E-state index in [2.05, 4.69) is 5.32 Å². The zero-order chi connectivity index (χ0) is 18.2. The number of carbonyl (C=O) groups is 1. The molecule has 0 saturated heterocycles. The van der Waals surface area contributed by atoms with Gasteiger partial charge in [0.1, 0.15) is 11.5 Å². The third-order valence-electron chi connectivity index (χ3n) is 3.87. The van der Waals surface area contributed by atoms with Crippen molar-refractivity contribution >= 4 is 5.97 Å². The fourth-order valence-electron chi connectivity index (χ4n) is 2.41. The molecule has 0 heterocycles. The van der Waals surface area contributed by atoms with Gasteiger partial charge in [-0.25, -0.2) is 4.79 Å². The Hall–Kier alpha value is -2.65. The van der Waals surface area contributed by atoms with E-state index in [-0.39, 0.29) is 29.4 Å². The zero-order valence-corrected chi connectivity index (χ0v) is 15.1. The summed E-state index contributed by atoms with van der Waals surface area (Å²) in [6, 6.07) is 13.6. The Bertz CT molecular complexity index is 673. The molecule has 0 aliphatic carbocycles. The highest BCUT2D eigenvalue weighted by Crippen LogP contribution is 2.19. The van der Waals surface area contributed by atoms with Crippen molar-refractivity contribution in [2.75, 3.05) is 13.2 Å². The maximum absolute atomic E-state index is 10.5. The van der Waals surface area contributed by atoms with Crippen LogP contribution >= 0.6 is 0 Å². The summed E-state index contributed by atoms with van der Waals surface area (Å²) in [7, 11) is 0. The molecule has 27 heavy (non-hydrogen) atoms. The van der Waals surface area contributed by atoms with Crippen LogP contribution in [-0.4, -0.2) is 51.4 Å². The van der Waals surface area contributed by atoms with Crippen molar-refractivity contribution in [2.45, 2.75) is 25.5 Å². The number of aliphatic hydroxyl groups excluding tert-OH is 1. The van der Waals surface area contributed by atoms with Gasteiger partial charge in [0.05, 0.1) is 6.10 Å². The molecule has 0 amide bonds. The summed E-state index contributed by atoms with van der Waals surface area (Å²) < 4.78 is 5.09. The van der Waals surface area contributed by atoms with Crippen molar-refractivity contribution in [1.29, 1.82) is 0 Å². The number of ether oxygens (including phenoxy) is 1. The van der Waals surface area contributed by atoms with E-state index in [0.717, 1.165) is 17.5 Å². The van der Waals surface area contributed by atoms with Crippen molar-refractivity contribution in [1.82, 2.24) is 5.32 Å². The smallest absolute Gasteiger partial charge is 0.341 e. The Morgan fingerprint density at radius 1 is 1.07 bits per heavy atom. The summed E-state index contributed by atoms with van der Waals surface area (Å²) in [6.45, 7) is 2.24. The van der Waals surface area contributed by atoms with Gasteiger partial charge in [-0.1, -0.05) is 24.3 Å². The fourth-order valence-corrected chi connectivity index (χ4v) is 2.41. The number of aliphatic carboxylic acids is 1. The van der Waals surface area contributed by atoms with E-state index >= 15 is 0 Å². The van der Waals surface area contributed by atoms with Gasteiger partial charge in [-0.05, 0) is 55.3 Å². The Kier molecular flexibility index (Phi) is 10.7. The molecule has 2 aromatic carbocycles. The number of aromatic hydroxyl groups is 1. The minimum absolute atomic E-state index is 0. The first-order chi connectivity index (χ1) is 12.0. The van der Waals surface area contributed by atoms with Crippen molar-refractivity contribution in [3.05, 3.63) is 59.7 Å². The number of hydrogen-bond acceptors (Lipinski definition) is 5. The van der Waals surface area contributed by atoms with Crippen LogP contribution in [0.5, 0.6) is 11.5 Å². The maximum atomic E-state index is 10.5. The van der Waals surface area contributed by atoms with Crippen LogP contribution in [0.4, 0.5) is 0 Å². The molecule has 0 aromatic heterocycles. The van der Waals surface area contributed by atoms with E-state index in [1.54, 1.807) is 36.4 Å². The molecule has 2 aromatic rings. The summed E-state index contributed by atoms with van der Waals surface area (Å²) in [5.41, 5.74) is 1.83. The number of hydrogen-bond donors (Lipinski definition) is 4. The van der Waals surface area contributed by atoms with Gasteiger partial charge in [-0.15, -0.1) is 0 Å². The SMILES string of the molecule is C[C@H](NCCc1ccc(OCC(=O)O)cc1)[C@H](O)c1ccc(O)cc1.O.O. The average Bonchev–Trinajstić information content (AvgIpc) is 2.61. The van der Waals surface area contributed by atoms with Crippen molar-refractivity contribution in [3.63, 3.8) is 0 Å². The van der Waals surface area contributed by atoms with Crippen LogP contribution in [0.3, 0.4) is 0 Å². The van der Waals surface area contributed by atoms with Crippen LogP contribution in [-0.2, 0) is 11.2 Å². The van der Waals surface area contributed by atoms with E-state index in [1.807, 2.05) is 19.1 Å². The molecule has 0 aliphatic rings. The van der Waals surface area contributed by atoms with Crippen molar-refractivity contribution in [3.8, 4) is 11.5 Å². The Balaban J connectivity index is 0.00000338. The predicted octanol–water partition coefficient (Wildman–Crippen LogP) is 0.460. The lowest BCUT2D eigenvalue weighted by molar-refractivity contribution is -0.139. The number of benzene rings is 2. The highest BCUT2D eigenvalue weighted by Gasteiger charge is 2.15. The molecule has 0 radical (unpaired) electrons. The first-order valence-corrected chi connectivity index (χ1v) is 8.09. The van der Waals surface area contributed by atoms with Crippen LogP contribution in [0.25, 0.3) is 0 Å². The van der Waals surface area contributed by atoms with Gasteiger partial charge in [0.15, 0.2) is 6.61 Å². The summed E-state index contributed by atoms with van der Waals surface area (Å²) in [5, 5.41) is 31.4. The largest absolute Gasteiger partial charge is 0.508 e. The Labute approximate surface area is 157 Å². The number of carboxylic acid groups (broad SMARTS) is 1. The lowest BCUT2D eigenvalue weighted by Gasteiger charge is -2.20. The van der Waals surface area contributed by atoms with E-state index in [1.165, 1.54) is 0 Å². The number of carboxylic acids is 1. The highest BCUT2D eigenvalue weighted by molar-refractivity contribution is 5.68. The Morgan fingerprint density at radius 3 is 2.22 bits per heavy atom. The molecule has 0 aliphatic heterocycles. The predicted molar refractivity (Wildman–Crippen MR) is 101 cm³/mol. The summed E-state index contributed by atoms with van der Waals surface area (Å²) in [6.07, 6.45) is 0.110. The monoisotopic (exact) mass is 381 g/mol. The van der Waals surface area contributed by atoms with Gasteiger partial charge in [-0.2, -0.15) is 0 Å². The molecule has 0 spiro atoms.